The van der Waals surface area contributed by atoms with E-state index >= 15 is 0 Å². The highest BCUT2D eigenvalue weighted by molar-refractivity contribution is 7.13. The first kappa shape index (κ1) is 18.3. The van der Waals surface area contributed by atoms with E-state index in [-0.39, 0.29) is 18.1 Å². The third-order valence-electron chi connectivity index (χ3n) is 5.70. The van der Waals surface area contributed by atoms with Gasteiger partial charge in [0.25, 0.3) is 5.91 Å². The van der Waals surface area contributed by atoms with Crippen LogP contribution in [0.5, 0.6) is 0 Å². The van der Waals surface area contributed by atoms with Gasteiger partial charge in [0.2, 0.25) is 5.13 Å². The van der Waals surface area contributed by atoms with Gasteiger partial charge in [-0.15, -0.1) is 10.2 Å². The lowest BCUT2D eigenvalue weighted by molar-refractivity contribution is -0.167. The average molecular weight is 388 g/mol. The molecule has 2 aliphatic rings. The second kappa shape index (κ2) is 7.18. The maximum atomic E-state index is 12.7. The first-order valence-electron chi connectivity index (χ1n) is 9.20. The zero-order chi connectivity index (χ0) is 18.9. The number of hydrogen-bond donors (Lipinski definition) is 2. The van der Waals surface area contributed by atoms with E-state index in [4.69, 9.17) is 4.74 Å². The van der Waals surface area contributed by atoms with E-state index in [1.807, 2.05) is 25.1 Å². The monoisotopic (exact) mass is 388 g/mol. The van der Waals surface area contributed by atoms with Gasteiger partial charge in [-0.3, -0.25) is 4.79 Å². The van der Waals surface area contributed by atoms with E-state index in [9.17, 15) is 9.90 Å². The summed E-state index contributed by atoms with van der Waals surface area (Å²) < 4.78 is 6.11. The fourth-order valence-electron chi connectivity index (χ4n) is 4.06. The number of carbonyl (C=O) groups excluding carboxylic acids is 1. The Morgan fingerprint density at radius 3 is 2.74 bits per heavy atom. The highest BCUT2D eigenvalue weighted by Crippen LogP contribution is 2.40. The van der Waals surface area contributed by atoms with Gasteiger partial charge in [-0.2, -0.15) is 0 Å². The lowest BCUT2D eigenvalue weighted by atomic mass is 9.74. The average Bonchev–Trinajstić information content (AvgIpc) is 3.21. The summed E-state index contributed by atoms with van der Waals surface area (Å²) >= 11 is 1.54. The minimum atomic E-state index is -0.739. The second-order valence-electron chi connectivity index (χ2n) is 7.63. The van der Waals surface area contributed by atoms with E-state index in [1.165, 1.54) is 11.3 Å². The van der Waals surface area contributed by atoms with Crippen LogP contribution in [0.15, 0.2) is 35.8 Å². The number of aliphatic hydroxyl groups excluding tert-OH is 1. The van der Waals surface area contributed by atoms with E-state index in [0.717, 1.165) is 31.1 Å². The molecule has 2 saturated heterocycles. The van der Waals surface area contributed by atoms with Gasteiger partial charge in [0.15, 0.2) is 0 Å². The number of nitrogens with one attached hydrogen (secondary N) is 1. The maximum absolute atomic E-state index is 12.7. The Hall–Kier alpha value is -2.03. The summed E-state index contributed by atoms with van der Waals surface area (Å²) in [6.45, 7) is 3.80. The molecule has 4 rings (SSSR count). The van der Waals surface area contributed by atoms with Crippen molar-refractivity contribution in [3.05, 3.63) is 41.4 Å². The molecule has 0 unspecified atom stereocenters. The molecule has 1 amide bonds. The van der Waals surface area contributed by atoms with Crippen molar-refractivity contribution < 1.29 is 14.6 Å². The van der Waals surface area contributed by atoms with E-state index in [1.54, 1.807) is 17.6 Å². The van der Waals surface area contributed by atoms with Crippen LogP contribution in [-0.2, 0) is 4.74 Å². The van der Waals surface area contributed by atoms with E-state index in [2.05, 4.69) is 20.4 Å². The van der Waals surface area contributed by atoms with Crippen LogP contribution in [0.3, 0.4) is 0 Å². The number of aliphatic hydroxyl groups is 1. The Kier molecular flexibility index (Phi) is 4.88. The number of piperidine rings is 1. The molecule has 2 aromatic rings. The number of aromatic nitrogens is 2. The molecule has 3 heterocycles. The number of carbonyl (C=O) groups is 1. The Morgan fingerprint density at radius 2 is 2.07 bits per heavy atom. The van der Waals surface area contributed by atoms with Crippen LogP contribution in [0.4, 0.5) is 5.13 Å². The molecule has 144 valence electrons. The minimum absolute atomic E-state index is 0.166. The highest BCUT2D eigenvalue weighted by atomic mass is 32.1. The number of rotatable bonds is 3. The number of nitrogens with zero attached hydrogens (tertiary/aromatic N) is 3. The van der Waals surface area contributed by atoms with Crippen molar-refractivity contribution in [2.75, 3.05) is 24.6 Å². The smallest absolute Gasteiger partial charge is 0.251 e. The molecule has 2 aliphatic heterocycles. The van der Waals surface area contributed by atoms with Gasteiger partial charge in [-0.05, 0) is 31.9 Å². The molecule has 2 atom stereocenters. The number of anilines is 1. The van der Waals surface area contributed by atoms with Crippen molar-refractivity contribution in [3.63, 3.8) is 0 Å². The number of benzene rings is 1. The van der Waals surface area contributed by atoms with Crippen LogP contribution in [-0.4, -0.2) is 58.2 Å². The number of ether oxygens (including phenoxy) is 1. The van der Waals surface area contributed by atoms with Crippen molar-refractivity contribution in [1.29, 1.82) is 0 Å². The van der Waals surface area contributed by atoms with Gasteiger partial charge in [0.1, 0.15) is 11.6 Å². The molecule has 2 fully saturated rings. The summed E-state index contributed by atoms with van der Waals surface area (Å²) in [5, 5.41) is 22.6. The summed E-state index contributed by atoms with van der Waals surface area (Å²) in [4.78, 5) is 14.9. The van der Waals surface area contributed by atoms with Gasteiger partial charge >= 0.3 is 0 Å². The maximum Gasteiger partial charge on any atom is 0.251 e. The molecule has 0 aliphatic carbocycles. The molecular weight excluding hydrogens is 364 g/mol. The zero-order valence-corrected chi connectivity index (χ0v) is 16.1. The lowest BCUT2D eigenvalue weighted by Crippen LogP contribution is -2.65. The topological polar surface area (TPSA) is 87.6 Å². The Bertz CT molecular complexity index is 778. The minimum Gasteiger partial charge on any atom is -0.388 e. The predicted octanol–water partition coefficient (Wildman–Crippen LogP) is 1.85. The lowest BCUT2D eigenvalue weighted by Gasteiger charge is -2.51. The van der Waals surface area contributed by atoms with Gasteiger partial charge in [0.05, 0.1) is 17.7 Å². The third kappa shape index (κ3) is 3.69. The summed E-state index contributed by atoms with van der Waals surface area (Å²) in [6.07, 6.45) is 1.51. The molecular formula is C19H24N4O3S. The van der Waals surface area contributed by atoms with Crippen molar-refractivity contribution in [2.24, 2.45) is 0 Å². The van der Waals surface area contributed by atoms with Crippen LogP contribution >= 0.6 is 11.3 Å². The first-order chi connectivity index (χ1) is 13.0. The van der Waals surface area contributed by atoms with Crippen molar-refractivity contribution in [3.8, 4) is 0 Å². The van der Waals surface area contributed by atoms with Crippen LogP contribution < -0.4 is 10.2 Å². The van der Waals surface area contributed by atoms with E-state index in [0.29, 0.717) is 12.0 Å². The fourth-order valence-corrected chi connectivity index (χ4v) is 4.67. The van der Waals surface area contributed by atoms with Gasteiger partial charge < -0.3 is 20.1 Å². The fraction of sp³-hybridized carbons (Fsp3) is 0.526. The largest absolute Gasteiger partial charge is 0.388 e. The molecule has 0 bridgehead atoms. The van der Waals surface area contributed by atoms with Crippen LogP contribution in [0.2, 0.25) is 0 Å². The van der Waals surface area contributed by atoms with Gasteiger partial charge in [0, 0.05) is 25.1 Å². The van der Waals surface area contributed by atoms with Gasteiger partial charge in [-0.1, -0.05) is 29.5 Å². The third-order valence-corrected chi connectivity index (χ3v) is 6.45. The highest BCUT2D eigenvalue weighted by Gasteiger charge is 2.50. The summed E-state index contributed by atoms with van der Waals surface area (Å²) in [5.41, 5.74) is 1.27. The van der Waals surface area contributed by atoms with Crippen molar-refractivity contribution in [1.82, 2.24) is 15.5 Å². The zero-order valence-electron chi connectivity index (χ0n) is 15.3. The van der Waals surface area contributed by atoms with Crippen LogP contribution in [0, 0.1) is 0 Å². The Labute approximate surface area is 162 Å². The number of hydrogen-bond acceptors (Lipinski definition) is 7. The molecule has 8 heteroatoms. The van der Waals surface area contributed by atoms with Crippen LogP contribution in [0.25, 0.3) is 0 Å². The molecule has 1 aromatic carbocycles. The summed E-state index contributed by atoms with van der Waals surface area (Å²) in [6, 6.07) is 9.11. The van der Waals surface area contributed by atoms with Gasteiger partial charge in [-0.25, -0.2) is 0 Å². The van der Waals surface area contributed by atoms with Crippen LogP contribution in [0.1, 0.15) is 36.5 Å². The van der Waals surface area contributed by atoms with E-state index < -0.39 is 11.6 Å². The molecule has 0 saturated carbocycles. The number of amides is 1. The second-order valence-corrected chi connectivity index (χ2v) is 8.44. The predicted molar refractivity (Wildman–Crippen MR) is 103 cm³/mol. The Morgan fingerprint density at radius 1 is 1.33 bits per heavy atom. The molecule has 1 spiro atoms. The standard InChI is InChI=1S/C19H24N4O3S/c1-18(21-16(25)14-5-3-2-4-6-14)12-19(26-11-15(18)24)7-9-23(10-8-19)17-22-20-13-27-17/h2-6,13,15,24H,7-12H2,1H3,(H,21,25)/t15-,18-/m1/s1. The van der Waals surface area contributed by atoms with Crippen molar-refractivity contribution in [2.45, 2.75) is 43.4 Å². The SMILES string of the molecule is C[C@@]1(NC(=O)c2ccccc2)CC2(CCN(c3nncs3)CC2)OC[C@H]1O. The first-order valence-corrected chi connectivity index (χ1v) is 10.1. The Balaban J connectivity index is 1.45. The molecule has 0 radical (unpaired) electrons. The quantitative estimate of drug-likeness (QED) is 0.834. The normalized spacial score (nSPS) is 27.5. The molecule has 27 heavy (non-hydrogen) atoms. The molecule has 2 N–H and O–H groups in total. The van der Waals surface area contributed by atoms with Crippen molar-refractivity contribution >= 4 is 22.4 Å². The summed E-state index contributed by atoms with van der Waals surface area (Å²) in [7, 11) is 0. The molecule has 7 nitrogen and oxygen atoms in total. The summed E-state index contributed by atoms with van der Waals surface area (Å²) in [5.74, 6) is -0.166. The molecule has 1 aromatic heterocycles.